The summed E-state index contributed by atoms with van der Waals surface area (Å²) in [5.41, 5.74) is 7.84. The summed E-state index contributed by atoms with van der Waals surface area (Å²) in [6.45, 7) is 1.69. The van der Waals surface area contributed by atoms with Crippen molar-refractivity contribution in [2.24, 2.45) is 10.2 Å². The van der Waals surface area contributed by atoms with Crippen LogP contribution in [0, 0.1) is 0 Å². The van der Waals surface area contributed by atoms with Gasteiger partial charge in [0.05, 0.1) is 57.2 Å². The zero-order chi connectivity index (χ0) is 38.9. The van der Waals surface area contributed by atoms with E-state index in [1.165, 1.54) is 46.0 Å². The fourth-order valence-corrected chi connectivity index (χ4v) is 5.29. The predicted molar refractivity (Wildman–Crippen MR) is 209 cm³/mol. The molecule has 5 rings (SSSR count). The second-order valence-corrected chi connectivity index (χ2v) is 11.5. The third-order valence-corrected chi connectivity index (χ3v) is 8.05. The number of rotatable bonds is 13. The average Bonchev–Trinajstić information content (AvgIpc) is 3.73. The number of amides is 4. The van der Waals surface area contributed by atoms with E-state index in [1.54, 1.807) is 98.1 Å². The Morgan fingerprint density at radius 2 is 1.04 bits per heavy atom. The summed E-state index contributed by atoms with van der Waals surface area (Å²) in [6.07, 6.45) is 3.02. The number of hydrogen-bond acceptors (Lipinski definition) is 11. The highest BCUT2D eigenvalue weighted by Gasteiger charge is 2.17. The number of methoxy groups -OCH3 is 4. The topological polar surface area (TPSA) is 178 Å². The number of anilines is 2. The SMILES string of the molecule is C/C=N/NC(=O)c1ccccc1NC(=O)c1ccc(OC)c(OC)c1.COc1ccc(C(=O)Nc2ccccc2C(=O)N/N=C/c2ccsc2)cc1OC. The summed E-state index contributed by atoms with van der Waals surface area (Å²) in [5.74, 6) is 0.324. The summed E-state index contributed by atoms with van der Waals surface area (Å²) in [6, 6.07) is 24.9. The molecule has 0 aliphatic heterocycles. The lowest BCUT2D eigenvalue weighted by Gasteiger charge is -2.12. The molecule has 0 saturated heterocycles. The minimum atomic E-state index is -0.431. The second-order valence-electron chi connectivity index (χ2n) is 10.7. The van der Waals surface area contributed by atoms with Gasteiger partial charge in [-0.2, -0.15) is 21.5 Å². The van der Waals surface area contributed by atoms with E-state index in [9.17, 15) is 19.2 Å². The van der Waals surface area contributed by atoms with Gasteiger partial charge >= 0.3 is 0 Å². The predicted octanol–water partition coefficient (Wildman–Crippen LogP) is 6.47. The first-order valence-corrected chi connectivity index (χ1v) is 17.1. The molecule has 0 aliphatic rings. The molecule has 0 spiro atoms. The van der Waals surface area contributed by atoms with Crippen LogP contribution in [0.5, 0.6) is 23.0 Å². The van der Waals surface area contributed by atoms with Crippen molar-refractivity contribution in [3.63, 3.8) is 0 Å². The second kappa shape index (κ2) is 20.1. The Hall–Kier alpha value is -7.00. The van der Waals surface area contributed by atoms with Crippen molar-refractivity contribution in [2.45, 2.75) is 6.92 Å². The molecule has 4 aromatic carbocycles. The lowest BCUT2D eigenvalue weighted by atomic mass is 10.1. The van der Waals surface area contributed by atoms with Crippen molar-refractivity contribution in [1.29, 1.82) is 0 Å². The molecule has 1 aromatic heterocycles. The lowest BCUT2D eigenvalue weighted by Crippen LogP contribution is -2.21. The van der Waals surface area contributed by atoms with Crippen molar-refractivity contribution in [3.8, 4) is 23.0 Å². The number of carbonyl (C=O) groups excluding carboxylic acids is 4. The summed E-state index contributed by atoms with van der Waals surface area (Å²) < 4.78 is 20.8. The molecule has 14 nitrogen and oxygen atoms in total. The highest BCUT2D eigenvalue weighted by atomic mass is 32.1. The minimum absolute atomic E-state index is 0.295. The molecular weight excluding hydrogens is 713 g/mol. The fourth-order valence-electron chi connectivity index (χ4n) is 4.68. The molecule has 0 atom stereocenters. The van der Waals surface area contributed by atoms with Crippen LogP contribution in [0.4, 0.5) is 11.4 Å². The maximum atomic E-state index is 12.7. The van der Waals surface area contributed by atoms with Gasteiger partial charge in [0.25, 0.3) is 23.6 Å². The molecule has 4 N–H and O–H groups in total. The first kappa shape index (κ1) is 39.8. The fraction of sp³-hybridized carbons (Fsp3) is 0.128. The Morgan fingerprint density at radius 3 is 1.46 bits per heavy atom. The molecule has 278 valence electrons. The van der Waals surface area contributed by atoms with E-state index in [-0.39, 0.29) is 11.8 Å². The third kappa shape index (κ3) is 10.8. The number of thiophene rings is 1. The Kier molecular flexibility index (Phi) is 14.8. The van der Waals surface area contributed by atoms with Gasteiger partial charge in [-0.3, -0.25) is 19.2 Å². The van der Waals surface area contributed by atoms with Crippen molar-refractivity contribution in [1.82, 2.24) is 10.9 Å². The van der Waals surface area contributed by atoms with Crippen molar-refractivity contribution in [3.05, 3.63) is 130 Å². The number of nitrogens with one attached hydrogen (secondary N) is 4. The Labute approximate surface area is 315 Å². The zero-order valence-corrected chi connectivity index (χ0v) is 30.9. The van der Waals surface area contributed by atoms with Crippen LogP contribution in [0.3, 0.4) is 0 Å². The summed E-state index contributed by atoms with van der Waals surface area (Å²) in [4.78, 5) is 49.8. The van der Waals surface area contributed by atoms with E-state index in [2.05, 4.69) is 31.7 Å². The van der Waals surface area contributed by atoms with Crippen LogP contribution >= 0.6 is 11.3 Å². The third-order valence-electron chi connectivity index (χ3n) is 7.35. The maximum absolute atomic E-state index is 12.7. The van der Waals surface area contributed by atoms with Crippen LogP contribution in [-0.4, -0.2) is 64.5 Å². The highest BCUT2D eigenvalue weighted by Crippen LogP contribution is 2.29. The molecule has 0 saturated carbocycles. The normalized spacial score (nSPS) is 10.5. The number of nitrogens with zero attached hydrogens (tertiary/aromatic N) is 2. The molecule has 5 aromatic rings. The minimum Gasteiger partial charge on any atom is -0.493 e. The molecule has 0 radical (unpaired) electrons. The molecular formula is C39H38N6O8S. The number of carbonyl (C=O) groups is 4. The number of hydrazone groups is 2. The van der Waals surface area contributed by atoms with Gasteiger partial charge in [0.2, 0.25) is 0 Å². The first-order chi connectivity index (χ1) is 26.2. The first-order valence-electron chi connectivity index (χ1n) is 16.1. The molecule has 4 amide bonds. The van der Waals surface area contributed by atoms with Crippen LogP contribution in [-0.2, 0) is 0 Å². The van der Waals surface area contributed by atoms with E-state index in [1.807, 2.05) is 16.8 Å². The largest absolute Gasteiger partial charge is 0.493 e. The molecule has 1 heterocycles. The van der Waals surface area contributed by atoms with Gasteiger partial charge in [-0.1, -0.05) is 24.3 Å². The van der Waals surface area contributed by atoms with E-state index in [0.717, 1.165) is 5.56 Å². The average molecular weight is 751 g/mol. The van der Waals surface area contributed by atoms with E-state index in [0.29, 0.717) is 56.6 Å². The molecule has 54 heavy (non-hydrogen) atoms. The van der Waals surface area contributed by atoms with E-state index >= 15 is 0 Å². The Morgan fingerprint density at radius 1 is 0.574 bits per heavy atom. The van der Waals surface area contributed by atoms with Crippen LogP contribution < -0.4 is 40.4 Å². The monoisotopic (exact) mass is 750 g/mol. The summed E-state index contributed by atoms with van der Waals surface area (Å²) in [7, 11) is 6.03. The highest BCUT2D eigenvalue weighted by molar-refractivity contribution is 7.08. The van der Waals surface area contributed by atoms with Gasteiger partial charge in [-0.15, -0.1) is 0 Å². The van der Waals surface area contributed by atoms with Crippen LogP contribution in [0.15, 0.2) is 112 Å². The molecule has 0 aliphatic carbocycles. The van der Waals surface area contributed by atoms with Gasteiger partial charge < -0.3 is 29.6 Å². The molecule has 15 heteroatoms. The number of para-hydroxylation sites is 2. The standard InChI is InChI=1S/C21H19N3O4S.C18H19N3O4/c1-27-18-8-7-15(11-19(18)28-2)20(25)23-17-6-4-3-5-16(17)21(26)24-22-12-14-9-10-29-13-14;1-4-19-21-18(23)13-7-5-6-8-14(13)20-17(22)12-9-10-15(24-2)16(11-12)25-3/h3-13H,1-2H3,(H,23,25)(H,24,26);4-11H,1-3H3,(H,20,22)(H,21,23)/b22-12+;19-4+. The van der Waals surface area contributed by atoms with Crippen molar-refractivity contribution in [2.75, 3.05) is 39.1 Å². The van der Waals surface area contributed by atoms with Gasteiger partial charge in [-0.25, -0.2) is 10.9 Å². The number of hydrogen-bond donors (Lipinski definition) is 4. The van der Waals surface area contributed by atoms with Gasteiger partial charge in [0.1, 0.15) is 0 Å². The number of benzene rings is 4. The number of ether oxygens (including phenoxy) is 4. The van der Waals surface area contributed by atoms with Crippen LogP contribution in [0.25, 0.3) is 0 Å². The van der Waals surface area contributed by atoms with Gasteiger partial charge in [0.15, 0.2) is 23.0 Å². The van der Waals surface area contributed by atoms with Gasteiger partial charge in [0, 0.05) is 22.9 Å². The van der Waals surface area contributed by atoms with Gasteiger partial charge in [-0.05, 0) is 84.4 Å². The molecule has 0 unspecified atom stereocenters. The lowest BCUT2D eigenvalue weighted by molar-refractivity contribution is 0.0947. The molecule has 0 fully saturated rings. The maximum Gasteiger partial charge on any atom is 0.273 e. The van der Waals surface area contributed by atoms with E-state index in [4.69, 9.17) is 18.9 Å². The van der Waals surface area contributed by atoms with E-state index < -0.39 is 11.8 Å². The van der Waals surface area contributed by atoms with Crippen LogP contribution in [0.1, 0.15) is 53.9 Å². The Bertz CT molecular complexity index is 2140. The zero-order valence-electron chi connectivity index (χ0n) is 30.0. The molecule has 0 bridgehead atoms. The summed E-state index contributed by atoms with van der Waals surface area (Å²) in [5, 5.41) is 17.0. The quantitative estimate of drug-likeness (QED) is 0.0781. The summed E-state index contributed by atoms with van der Waals surface area (Å²) >= 11 is 1.54. The Balaban J connectivity index is 0.000000244. The smallest absolute Gasteiger partial charge is 0.273 e. The van der Waals surface area contributed by atoms with Crippen molar-refractivity contribution >= 4 is 58.8 Å². The van der Waals surface area contributed by atoms with Crippen molar-refractivity contribution < 1.29 is 38.1 Å². The van der Waals surface area contributed by atoms with Crippen LogP contribution in [0.2, 0.25) is 0 Å².